The summed E-state index contributed by atoms with van der Waals surface area (Å²) in [6, 6.07) is 5.20. The maximum atomic E-state index is 13.7. The van der Waals surface area contributed by atoms with Gasteiger partial charge in [0.05, 0.1) is 13.2 Å². The van der Waals surface area contributed by atoms with Gasteiger partial charge in [0.2, 0.25) is 0 Å². The molecule has 1 aromatic carbocycles. The smallest absolute Gasteiger partial charge is 0.165 e. The first-order valence-electron chi connectivity index (χ1n) is 7.35. The van der Waals surface area contributed by atoms with Crippen molar-refractivity contribution in [2.24, 2.45) is 5.92 Å². The van der Waals surface area contributed by atoms with Gasteiger partial charge in [-0.3, -0.25) is 0 Å². The maximum absolute atomic E-state index is 13.7. The van der Waals surface area contributed by atoms with Gasteiger partial charge in [0.1, 0.15) is 0 Å². The van der Waals surface area contributed by atoms with Gasteiger partial charge in [-0.1, -0.05) is 6.07 Å². The molecule has 0 heterocycles. The van der Waals surface area contributed by atoms with Gasteiger partial charge < -0.3 is 15.2 Å². The molecule has 112 valence electrons. The molecule has 3 nitrogen and oxygen atoms in total. The summed E-state index contributed by atoms with van der Waals surface area (Å²) >= 11 is 0. The van der Waals surface area contributed by atoms with Crippen molar-refractivity contribution in [2.45, 2.75) is 44.8 Å². The molecule has 2 rings (SSSR count). The predicted molar refractivity (Wildman–Crippen MR) is 77.3 cm³/mol. The van der Waals surface area contributed by atoms with Crippen LogP contribution in [0.5, 0.6) is 5.75 Å². The lowest BCUT2D eigenvalue weighted by Crippen LogP contribution is -2.29. The van der Waals surface area contributed by atoms with Gasteiger partial charge in [0.15, 0.2) is 11.6 Å². The van der Waals surface area contributed by atoms with E-state index >= 15 is 0 Å². The zero-order valence-electron chi connectivity index (χ0n) is 12.2. The topological polar surface area (TPSA) is 41.5 Å². The first kappa shape index (κ1) is 15.3. The highest BCUT2D eigenvalue weighted by Crippen LogP contribution is 2.25. The summed E-state index contributed by atoms with van der Waals surface area (Å²) in [6.45, 7) is 2.96. The fraction of sp³-hybridized carbons (Fsp3) is 0.625. The highest BCUT2D eigenvalue weighted by atomic mass is 19.1. The minimum Gasteiger partial charge on any atom is -0.494 e. The second-order valence-electron chi connectivity index (χ2n) is 5.70. The largest absolute Gasteiger partial charge is 0.494 e. The van der Waals surface area contributed by atoms with E-state index in [2.05, 4.69) is 5.32 Å². The van der Waals surface area contributed by atoms with Crippen molar-refractivity contribution in [1.29, 1.82) is 0 Å². The second kappa shape index (κ2) is 7.04. The molecule has 2 N–H and O–H groups in total. The average molecular weight is 281 g/mol. The molecule has 0 aromatic heterocycles. The highest BCUT2D eigenvalue weighted by Gasteiger charge is 2.20. The summed E-state index contributed by atoms with van der Waals surface area (Å²) < 4.78 is 18.6. The molecule has 4 heteroatoms. The number of aliphatic hydroxyl groups excluding tert-OH is 1. The number of nitrogens with one attached hydrogen (secondary N) is 1. The minimum atomic E-state index is -0.320. The second-order valence-corrected chi connectivity index (χ2v) is 5.70. The molecule has 0 spiro atoms. The molecule has 1 fully saturated rings. The van der Waals surface area contributed by atoms with E-state index in [4.69, 9.17) is 4.74 Å². The molecule has 1 saturated carbocycles. The van der Waals surface area contributed by atoms with Crippen molar-refractivity contribution in [3.05, 3.63) is 29.6 Å². The van der Waals surface area contributed by atoms with Crippen molar-refractivity contribution < 1.29 is 14.2 Å². The van der Waals surface area contributed by atoms with Crippen LogP contribution in [0.4, 0.5) is 4.39 Å². The van der Waals surface area contributed by atoms with Gasteiger partial charge in [0, 0.05) is 6.04 Å². The van der Waals surface area contributed by atoms with Crippen LogP contribution in [0.3, 0.4) is 0 Å². The van der Waals surface area contributed by atoms with Crippen LogP contribution in [0.15, 0.2) is 18.2 Å². The number of ether oxygens (including phenoxy) is 1. The molecule has 0 aliphatic heterocycles. The molecule has 0 bridgehead atoms. The molecule has 1 unspecified atom stereocenters. The van der Waals surface area contributed by atoms with Crippen molar-refractivity contribution in [2.75, 3.05) is 13.7 Å². The van der Waals surface area contributed by atoms with Gasteiger partial charge in [-0.05, 0) is 62.8 Å². The number of rotatable bonds is 5. The van der Waals surface area contributed by atoms with E-state index in [0.717, 1.165) is 37.8 Å². The third-order valence-electron chi connectivity index (χ3n) is 4.20. The number of aliphatic hydroxyl groups is 1. The highest BCUT2D eigenvalue weighted by molar-refractivity contribution is 5.30. The molecule has 1 aliphatic rings. The number of hydrogen-bond donors (Lipinski definition) is 2. The van der Waals surface area contributed by atoms with Crippen molar-refractivity contribution in [1.82, 2.24) is 5.32 Å². The lowest BCUT2D eigenvalue weighted by Gasteiger charge is -2.27. The van der Waals surface area contributed by atoms with Crippen LogP contribution in [0.2, 0.25) is 0 Å². The Balaban J connectivity index is 1.85. The predicted octanol–water partition coefficient (Wildman–Crippen LogP) is 3.04. The Morgan fingerprint density at radius 3 is 2.65 bits per heavy atom. The number of halogens is 1. The average Bonchev–Trinajstić information content (AvgIpc) is 2.46. The number of hydrogen-bond acceptors (Lipinski definition) is 3. The quantitative estimate of drug-likeness (QED) is 0.871. The third kappa shape index (κ3) is 3.93. The van der Waals surface area contributed by atoms with Crippen molar-refractivity contribution in [3.8, 4) is 5.75 Å². The Kier molecular flexibility index (Phi) is 5.38. The van der Waals surface area contributed by atoms with Crippen LogP contribution in [-0.2, 0) is 0 Å². The Bertz CT molecular complexity index is 430. The summed E-state index contributed by atoms with van der Waals surface area (Å²) in [6.07, 6.45) is 3.82. The zero-order chi connectivity index (χ0) is 14.5. The summed E-state index contributed by atoms with van der Waals surface area (Å²) in [5.74, 6) is 0.575. The summed E-state index contributed by atoms with van der Waals surface area (Å²) in [4.78, 5) is 0. The summed E-state index contributed by atoms with van der Waals surface area (Å²) in [7, 11) is 1.47. The fourth-order valence-corrected chi connectivity index (χ4v) is 2.76. The SMILES string of the molecule is COc1ccc(C(C)NCC2CCC(O)CC2)cc1F. The summed E-state index contributed by atoms with van der Waals surface area (Å²) in [5.41, 5.74) is 0.930. The first-order valence-corrected chi connectivity index (χ1v) is 7.35. The van der Waals surface area contributed by atoms with Gasteiger partial charge in [-0.15, -0.1) is 0 Å². The van der Waals surface area contributed by atoms with E-state index in [9.17, 15) is 9.50 Å². The maximum Gasteiger partial charge on any atom is 0.165 e. The van der Waals surface area contributed by atoms with Gasteiger partial charge in [-0.2, -0.15) is 0 Å². The molecular formula is C16H24FNO2. The lowest BCUT2D eigenvalue weighted by atomic mass is 9.87. The summed E-state index contributed by atoms with van der Waals surface area (Å²) in [5, 5.41) is 12.9. The molecule has 0 radical (unpaired) electrons. The van der Waals surface area contributed by atoms with Gasteiger partial charge >= 0.3 is 0 Å². The van der Waals surface area contributed by atoms with Gasteiger partial charge in [-0.25, -0.2) is 4.39 Å². The van der Waals surface area contributed by atoms with E-state index < -0.39 is 0 Å². The normalized spacial score (nSPS) is 24.4. The van der Waals surface area contributed by atoms with E-state index in [0.29, 0.717) is 5.92 Å². The van der Waals surface area contributed by atoms with Gasteiger partial charge in [0.25, 0.3) is 0 Å². The van der Waals surface area contributed by atoms with E-state index in [1.165, 1.54) is 13.2 Å². The van der Waals surface area contributed by atoms with Crippen molar-refractivity contribution >= 4 is 0 Å². The monoisotopic (exact) mass is 281 g/mol. The Morgan fingerprint density at radius 2 is 2.05 bits per heavy atom. The van der Waals surface area contributed by atoms with E-state index in [1.807, 2.05) is 13.0 Å². The fourth-order valence-electron chi connectivity index (χ4n) is 2.76. The van der Waals surface area contributed by atoms with Crippen LogP contribution < -0.4 is 10.1 Å². The zero-order valence-corrected chi connectivity index (χ0v) is 12.2. The Labute approximate surface area is 120 Å². The molecule has 1 aliphatic carbocycles. The van der Waals surface area contributed by atoms with Crippen molar-refractivity contribution in [3.63, 3.8) is 0 Å². The Morgan fingerprint density at radius 1 is 1.35 bits per heavy atom. The van der Waals surface area contributed by atoms with E-state index in [-0.39, 0.29) is 23.7 Å². The minimum absolute atomic E-state index is 0.112. The molecule has 0 saturated heterocycles. The lowest BCUT2D eigenvalue weighted by molar-refractivity contribution is 0.108. The standard InChI is InChI=1S/C16H24FNO2/c1-11(13-5-8-16(20-2)15(17)9-13)18-10-12-3-6-14(19)7-4-12/h5,8-9,11-12,14,18-19H,3-4,6-7,10H2,1-2H3. The molecular weight excluding hydrogens is 257 g/mol. The molecule has 1 aromatic rings. The number of benzene rings is 1. The van der Waals surface area contributed by atoms with Crippen LogP contribution in [0, 0.1) is 11.7 Å². The van der Waals surface area contributed by atoms with Crippen LogP contribution in [-0.4, -0.2) is 24.9 Å². The van der Waals surface area contributed by atoms with Crippen LogP contribution in [0.1, 0.15) is 44.2 Å². The Hall–Kier alpha value is -1.13. The van der Waals surface area contributed by atoms with E-state index in [1.54, 1.807) is 6.07 Å². The van der Waals surface area contributed by atoms with Crippen LogP contribution in [0.25, 0.3) is 0 Å². The third-order valence-corrected chi connectivity index (χ3v) is 4.20. The molecule has 20 heavy (non-hydrogen) atoms. The van der Waals surface area contributed by atoms with Crippen LogP contribution >= 0.6 is 0 Å². The molecule has 0 amide bonds. The molecule has 1 atom stereocenters. The number of methoxy groups -OCH3 is 1. The first-order chi connectivity index (χ1) is 9.60.